The number of aldehydes is 1. The summed E-state index contributed by atoms with van der Waals surface area (Å²) in [7, 11) is 0. The topological polar surface area (TPSA) is 61.2 Å². The first-order chi connectivity index (χ1) is 10.5. The summed E-state index contributed by atoms with van der Waals surface area (Å²) in [5.41, 5.74) is 1.22. The molecule has 5 heteroatoms. The molecule has 22 heavy (non-hydrogen) atoms. The molecule has 0 unspecified atom stereocenters. The predicted octanol–water partition coefficient (Wildman–Crippen LogP) is 2.78. The van der Waals surface area contributed by atoms with Gasteiger partial charge in [-0.15, -0.1) is 0 Å². The third kappa shape index (κ3) is 3.61. The molecular weight excluding hydrogens is 280 g/mol. The highest BCUT2D eigenvalue weighted by Crippen LogP contribution is 2.20. The Kier molecular flexibility index (Phi) is 5.09. The molecule has 0 saturated carbocycles. The van der Waals surface area contributed by atoms with Gasteiger partial charge in [0.1, 0.15) is 5.75 Å². The van der Waals surface area contributed by atoms with Crippen LogP contribution in [-0.2, 0) is 6.54 Å². The lowest BCUT2D eigenvalue weighted by atomic mass is 10.1. The van der Waals surface area contributed by atoms with Gasteiger partial charge < -0.3 is 4.74 Å². The molecule has 1 heterocycles. The Morgan fingerprint density at radius 1 is 1.27 bits per heavy atom. The number of nitrogens with zero attached hydrogens (tertiary/aromatic N) is 2. The third-order valence-corrected chi connectivity index (χ3v) is 3.13. The summed E-state index contributed by atoms with van der Waals surface area (Å²) in [4.78, 5) is 23.2. The molecule has 0 saturated heterocycles. The van der Waals surface area contributed by atoms with E-state index in [2.05, 4.69) is 5.10 Å². The maximum atomic E-state index is 12.1. The molecule has 0 spiro atoms. The van der Waals surface area contributed by atoms with Crippen LogP contribution in [0.4, 0.5) is 0 Å². The van der Waals surface area contributed by atoms with Gasteiger partial charge in [-0.3, -0.25) is 9.59 Å². The smallest absolute Gasteiger partial charge is 0.277 e. The molecular formula is C17H20N2O3. The van der Waals surface area contributed by atoms with E-state index in [1.807, 2.05) is 45.0 Å². The summed E-state index contributed by atoms with van der Waals surface area (Å²) in [6.07, 6.45) is 0.582. The standard InChI is InChI=1S/C17H20N2O3/c1-4-22-15-7-5-13(6-8-15)16-9-14(11-20)17(21)19(18-16)10-12(2)3/h5-9,11-12H,4,10H2,1-3H3. The van der Waals surface area contributed by atoms with Crippen LogP contribution in [-0.4, -0.2) is 22.7 Å². The highest BCUT2D eigenvalue weighted by Gasteiger charge is 2.10. The molecule has 0 amide bonds. The van der Waals surface area contributed by atoms with Crippen molar-refractivity contribution in [1.82, 2.24) is 9.78 Å². The maximum Gasteiger partial charge on any atom is 0.277 e. The molecule has 0 bridgehead atoms. The summed E-state index contributed by atoms with van der Waals surface area (Å²) in [5, 5.41) is 4.37. The van der Waals surface area contributed by atoms with E-state index in [-0.39, 0.29) is 17.0 Å². The van der Waals surface area contributed by atoms with Crippen molar-refractivity contribution in [3.8, 4) is 17.0 Å². The van der Waals surface area contributed by atoms with Crippen LogP contribution in [0.15, 0.2) is 35.1 Å². The number of carbonyl (C=O) groups is 1. The zero-order valence-corrected chi connectivity index (χ0v) is 13.1. The SMILES string of the molecule is CCOc1ccc(-c2cc(C=O)c(=O)n(CC(C)C)n2)cc1. The van der Waals surface area contributed by atoms with Crippen LogP contribution in [0.3, 0.4) is 0 Å². The van der Waals surface area contributed by atoms with Gasteiger partial charge in [-0.2, -0.15) is 5.10 Å². The first-order valence-corrected chi connectivity index (χ1v) is 7.35. The minimum atomic E-state index is -0.349. The minimum absolute atomic E-state index is 0.125. The van der Waals surface area contributed by atoms with E-state index in [0.29, 0.717) is 25.1 Å². The van der Waals surface area contributed by atoms with Crippen LogP contribution >= 0.6 is 0 Å². The van der Waals surface area contributed by atoms with E-state index in [1.54, 1.807) is 0 Å². The van der Waals surface area contributed by atoms with E-state index in [9.17, 15) is 9.59 Å². The fraction of sp³-hybridized carbons (Fsp3) is 0.353. The fourth-order valence-corrected chi connectivity index (χ4v) is 2.15. The number of aromatic nitrogens is 2. The van der Waals surface area contributed by atoms with Crippen LogP contribution < -0.4 is 10.3 Å². The molecule has 0 atom stereocenters. The molecule has 0 radical (unpaired) electrons. The van der Waals surface area contributed by atoms with Gasteiger partial charge in [0.2, 0.25) is 0 Å². The lowest BCUT2D eigenvalue weighted by Gasteiger charge is -2.11. The van der Waals surface area contributed by atoms with E-state index in [0.717, 1.165) is 11.3 Å². The van der Waals surface area contributed by atoms with E-state index in [1.165, 1.54) is 10.7 Å². The van der Waals surface area contributed by atoms with Gasteiger partial charge in [0, 0.05) is 12.1 Å². The van der Waals surface area contributed by atoms with Crippen molar-refractivity contribution in [3.63, 3.8) is 0 Å². The molecule has 116 valence electrons. The molecule has 0 N–H and O–H groups in total. The molecule has 1 aromatic heterocycles. The summed E-state index contributed by atoms with van der Waals surface area (Å²) in [6, 6.07) is 8.96. The highest BCUT2D eigenvalue weighted by atomic mass is 16.5. The average Bonchev–Trinajstić information content (AvgIpc) is 2.50. The van der Waals surface area contributed by atoms with Crippen molar-refractivity contribution in [2.45, 2.75) is 27.3 Å². The van der Waals surface area contributed by atoms with Crippen molar-refractivity contribution in [2.24, 2.45) is 5.92 Å². The van der Waals surface area contributed by atoms with Gasteiger partial charge >= 0.3 is 0 Å². The minimum Gasteiger partial charge on any atom is -0.494 e. The van der Waals surface area contributed by atoms with E-state index in [4.69, 9.17) is 4.74 Å². The number of rotatable bonds is 6. The number of benzene rings is 1. The second-order valence-electron chi connectivity index (χ2n) is 5.44. The van der Waals surface area contributed by atoms with Gasteiger partial charge in [-0.1, -0.05) is 13.8 Å². The van der Waals surface area contributed by atoms with Crippen LogP contribution in [0.1, 0.15) is 31.1 Å². The summed E-state index contributed by atoms with van der Waals surface area (Å²) in [6.45, 7) is 7.00. The van der Waals surface area contributed by atoms with Crippen molar-refractivity contribution in [3.05, 3.63) is 46.2 Å². The molecule has 1 aromatic carbocycles. The Bertz CT molecular complexity index is 703. The normalized spacial score (nSPS) is 10.7. The second-order valence-corrected chi connectivity index (χ2v) is 5.44. The Labute approximate surface area is 129 Å². The number of carbonyl (C=O) groups excluding carboxylic acids is 1. The molecule has 5 nitrogen and oxygen atoms in total. The van der Waals surface area contributed by atoms with Crippen molar-refractivity contribution < 1.29 is 9.53 Å². The van der Waals surface area contributed by atoms with Crippen LogP contribution in [0.5, 0.6) is 5.75 Å². The Morgan fingerprint density at radius 2 is 1.95 bits per heavy atom. The Hall–Kier alpha value is -2.43. The highest BCUT2D eigenvalue weighted by molar-refractivity contribution is 5.76. The summed E-state index contributed by atoms with van der Waals surface area (Å²) in [5.74, 6) is 1.04. The predicted molar refractivity (Wildman–Crippen MR) is 85.3 cm³/mol. The Morgan fingerprint density at radius 3 is 2.50 bits per heavy atom. The molecule has 2 aromatic rings. The molecule has 0 aliphatic carbocycles. The van der Waals surface area contributed by atoms with Crippen molar-refractivity contribution >= 4 is 6.29 Å². The number of hydrogen-bond donors (Lipinski definition) is 0. The summed E-state index contributed by atoms with van der Waals surface area (Å²) < 4.78 is 6.77. The van der Waals surface area contributed by atoms with E-state index >= 15 is 0 Å². The van der Waals surface area contributed by atoms with Gasteiger partial charge in [0.25, 0.3) is 5.56 Å². The molecule has 0 aliphatic heterocycles. The first-order valence-electron chi connectivity index (χ1n) is 7.35. The van der Waals surface area contributed by atoms with Crippen molar-refractivity contribution in [1.29, 1.82) is 0 Å². The molecule has 2 rings (SSSR count). The molecule has 0 aliphatic rings. The first kappa shape index (κ1) is 15.9. The quantitative estimate of drug-likeness (QED) is 0.770. The molecule has 0 fully saturated rings. The Balaban J connectivity index is 2.45. The number of hydrogen-bond acceptors (Lipinski definition) is 4. The largest absolute Gasteiger partial charge is 0.494 e. The van der Waals surface area contributed by atoms with Crippen LogP contribution in [0.25, 0.3) is 11.3 Å². The zero-order valence-electron chi connectivity index (χ0n) is 13.1. The van der Waals surface area contributed by atoms with Crippen molar-refractivity contribution in [2.75, 3.05) is 6.61 Å². The van der Waals surface area contributed by atoms with Gasteiger partial charge in [-0.05, 0) is 43.2 Å². The van der Waals surface area contributed by atoms with Gasteiger partial charge in [0.15, 0.2) is 6.29 Å². The van der Waals surface area contributed by atoms with Crippen LogP contribution in [0.2, 0.25) is 0 Å². The monoisotopic (exact) mass is 300 g/mol. The zero-order chi connectivity index (χ0) is 16.1. The summed E-state index contributed by atoms with van der Waals surface area (Å²) >= 11 is 0. The van der Waals surface area contributed by atoms with Gasteiger partial charge in [-0.25, -0.2) is 4.68 Å². The van der Waals surface area contributed by atoms with Crippen LogP contribution in [0, 0.1) is 5.92 Å². The fourth-order valence-electron chi connectivity index (χ4n) is 2.15. The lowest BCUT2D eigenvalue weighted by molar-refractivity contribution is 0.112. The second kappa shape index (κ2) is 7.02. The van der Waals surface area contributed by atoms with Gasteiger partial charge in [0.05, 0.1) is 17.9 Å². The lowest BCUT2D eigenvalue weighted by Crippen LogP contribution is -2.28. The van der Waals surface area contributed by atoms with E-state index < -0.39 is 0 Å². The maximum absolute atomic E-state index is 12.1. The average molecular weight is 300 g/mol. The number of ether oxygens (including phenoxy) is 1. The third-order valence-electron chi connectivity index (χ3n) is 3.13.